The van der Waals surface area contributed by atoms with Gasteiger partial charge in [0.05, 0.1) is 6.04 Å². The highest BCUT2D eigenvalue weighted by molar-refractivity contribution is 5.47. The third kappa shape index (κ3) is 1.77. The normalized spacial score (nSPS) is 17.5. The first-order valence-corrected chi connectivity index (χ1v) is 4.80. The lowest BCUT2D eigenvalue weighted by molar-refractivity contribution is -0.163. The monoisotopic (exact) mass is 191 g/mol. The molecule has 14 heavy (non-hydrogen) atoms. The van der Waals surface area contributed by atoms with Gasteiger partial charge in [-0.15, -0.1) is 0 Å². The molecule has 0 radical (unpaired) electrons. The average molecular weight is 191 g/mol. The van der Waals surface area contributed by atoms with E-state index in [1.165, 1.54) is 0 Å². The van der Waals surface area contributed by atoms with Gasteiger partial charge in [-0.05, 0) is 24.3 Å². The van der Waals surface area contributed by atoms with Gasteiger partial charge in [-0.1, -0.05) is 30.3 Å². The highest BCUT2D eigenvalue weighted by Gasteiger charge is 2.35. The largest absolute Gasteiger partial charge is 0.286 e. The Morgan fingerprint density at radius 3 is 2.50 bits per heavy atom. The minimum absolute atomic E-state index is 0.159. The molecule has 0 aliphatic heterocycles. The number of hydrogen-bond donors (Lipinski definition) is 1. The van der Waals surface area contributed by atoms with E-state index in [1.54, 1.807) is 0 Å². The fourth-order valence-electron chi connectivity index (χ4n) is 1.77. The van der Waals surface area contributed by atoms with Crippen molar-refractivity contribution in [2.75, 3.05) is 0 Å². The third-order valence-corrected chi connectivity index (χ3v) is 2.60. The summed E-state index contributed by atoms with van der Waals surface area (Å²) >= 11 is 0. The predicted octanol–water partition coefficient (Wildman–Crippen LogP) is 1.99. The van der Waals surface area contributed by atoms with E-state index in [0.29, 0.717) is 12.3 Å². The van der Waals surface area contributed by atoms with Crippen LogP contribution < -0.4 is 0 Å². The molecule has 1 aliphatic carbocycles. The molecule has 0 spiro atoms. The van der Waals surface area contributed by atoms with E-state index in [4.69, 9.17) is 0 Å². The van der Waals surface area contributed by atoms with Crippen LogP contribution in [-0.4, -0.2) is 16.7 Å². The Bertz CT molecular complexity index is 308. The Morgan fingerprint density at radius 2 is 2.00 bits per heavy atom. The molecule has 1 N–H and O–H groups in total. The van der Waals surface area contributed by atoms with Gasteiger partial charge < -0.3 is 0 Å². The van der Waals surface area contributed by atoms with Gasteiger partial charge in [-0.2, -0.15) is 0 Å². The maximum absolute atomic E-state index is 10.5. The molecule has 0 heterocycles. The number of hydrogen-bond acceptors (Lipinski definition) is 2. The number of carbonyl (C=O) groups excluding carboxylic acids is 1. The molecular formula is C11H13NO2. The zero-order valence-electron chi connectivity index (χ0n) is 7.84. The molecule has 1 aliphatic rings. The fraction of sp³-hybridized carbons (Fsp3) is 0.364. The molecule has 3 heteroatoms. The van der Waals surface area contributed by atoms with Crippen LogP contribution in [0.3, 0.4) is 0 Å². The van der Waals surface area contributed by atoms with Crippen LogP contribution in [0.25, 0.3) is 0 Å². The van der Waals surface area contributed by atoms with Gasteiger partial charge in [0.2, 0.25) is 6.41 Å². The molecule has 1 atom stereocenters. The van der Waals surface area contributed by atoms with E-state index >= 15 is 0 Å². The predicted molar refractivity (Wildman–Crippen MR) is 51.6 cm³/mol. The minimum atomic E-state index is -0.159. The average Bonchev–Trinajstić information content (AvgIpc) is 3.04. The first-order chi connectivity index (χ1) is 6.83. The highest BCUT2D eigenvalue weighted by Crippen LogP contribution is 2.43. The van der Waals surface area contributed by atoms with Crippen LogP contribution in [0.15, 0.2) is 30.3 Å². The van der Waals surface area contributed by atoms with E-state index in [9.17, 15) is 10.0 Å². The van der Waals surface area contributed by atoms with Crippen LogP contribution in [0.2, 0.25) is 0 Å². The second-order valence-electron chi connectivity index (χ2n) is 3.68. The summed E-state index contributed by atoms with van der Waals surface area (Å²) in [5.41, 5.74) is 1.00. The quantitative estimate of drug-likeness (QED) is 0.449. The summed E-state index contributed by atoms with van der Waals surface area (Å²) in [5, 5.41) is 10.2. The number of carbonyl (C=O) groups is 1. The van der Waals surface area contributed by atoms with Crippen molar-refractivity contribution >= 4 is 6.41 Å². The Balaban J connectivity index is 2.22. The second kappa shape index (κ2) is 3.80. The Kier molecular flexibility index (Phi) is 2.50. The molecular weight excluding hydrogens is 178 g/mol. The summed E-state index contributed by atoms with van der Waals surface area (Å²) in [7, 11) is 0. The van der Waals surface area contributed by atoms with Crippen LogP contribution in [-0.2, 0) is 4.79 Å². The van der Waals surface area contributed by atoms with Crippen molar-refractivity contribution in [2.24, 2.45) is 5.92 Å². The highest BCUT2D eigenvalue weighted by atomic mass is 16.5. The van der Waals surface area contributed by atoms with Gasteiger partial charge in [0, 0.05) is 0 Å². The molecule has 1 fully saturated rings. The van der Waals surface area contributed by atoms with Gasteiger partial charge in [-0.25, -0.2) is 5.06 Å². The molecule has 0 bridgehead atoms. The van der Waals surface area contributed by atoms with Gasteiger partial charge in [0.1, 0.15) is 0 Å². The summed E-state index contributed by atoms with van der Waals surface area (Å²) in [6, 6.07) is 9.49. The molecule has 0 aromatic heterocycles. The topological polar surface area (TPSA) is 40.5 Å². The Labute approximate surface area is 82.9 Å². The third-order valence-electron chi connectivity index (χ3n) is 2.60. The van der Waals surface area contributed by atoms with Crippen LogP contribution in [0, 0.1) is 5.92 Å². The number of nitrogens with zero attached hydrogens (tertiary/aromatic N) is 1. The Morgan fingerprint density at radius 1 is 1.36 bits per heavy atom. The molecule has 1 saturated carbocycles. The zero-order valence-corrected chi connectivity index (χ0v) is 7.84. The van der Waals surface area contributed by atoms with Crippen molar-refractivity contribution in [3.63, 3.8) is 0 Å². The molecule has 1 aromatic rings. The minimum Gasteiger partial charge on any atom is -0.286 e. The fourth-order valence-corrected chi connectivity index (χ4v) is 1.77. The summed E-state index contributed by atoms with van der Waals surface area (Å²) in [6.45, 7) is 0. The maximum atomic E-state index is 10.5. The first-order valence-electron chi connectivity index (χ1n) is 4.80. The van der Waals surface area contributed by atoms with Gasteiger partial charge in [-0.3, -0.25) is 10.0 Å². The van der Waals surface area contributed by atoms with Crippen molar-refractivity contribution in [3.8, 4) is 0 Å². The summed E-state index contributed by atoms with van der Waals surface area (Å²) < 4.78 is 0. The van der Waals surface area contributed by atoms with Crippen molar-refractivity contribution in [1.82, 2.24) is 5.06 Å². The molecule has 0 unspecified atom stereocenters. The van der Waals surface area contributed by atoms with Crippen LogP contribution >= 0.6 is 0 Å². The standard InChI is InChI=1S/C11H13NO2/c13-8-12(14)11(10-6-7-10)9-4-2-1-3-5-9/h1-5,8,10-11,14H,6-7H2/t11-/m1/s1. The second-order valence-corrected chi connectivity index (χ2v) is 3.68. The van der Waals surface area contributed by atoms with Crippen LogP contribution in [0.5, 0.6) is 0 Å². The number of amides is 1. The SMILES string of the molecule is O=CN(O)[C@H](c1ccccc1)C1CC1. The van der Waals surface area contributed by atoms with E-state index in [0.717, 1.165) is 23.5 Å². The van der Waals surface area contributed by atoms with Crippen molar-refractivity contribution < 1.29 is 10.0 Å². The van der Waals surface area contributed by atoms with Crippen molar-refractivity contribution in [2.45, 2.75) is 18.9 Å². The molecule has 74 valence electrons. The van der Waals surface area contributed by atoms with Gasteiger partial charge >= 0.3 is 0 Å². The van der Waals surface area contributed by atoms with E-state index in [2.05, 4.69) is 0 Å². The molecule has 0 saturated heterocycles. The number of hydroxylamine groups is 2. The van der Waals surface area contributed by atoms with Crippen molar-refractivity contribution in [1.29, 1.82) is 0 Å². The summed E-state index contributed by atoms with van der Waals surface area (Å²) in [5.74, 6) is 0.424. The molecule has 1 amide bonds. The molecule has 1 aromatic carbocycles. The molecule has 3 nitrogen and oxygen atoms in total. The first kappa shape index (κ1) is 9.21. The van der Waals surface area contributed by atoms with Crippen LogP contribution in [0.1, 0.15) is 24.4 Å². The van der Waals surface area contributed by atoms with E-state index < -0.39 is 0 Å². The lowest BCUT2D eigenvalue weighted by Crippen LogP contribution is -2.25. The zero-order chi connectivity index (χ0) is 9.97. The smallest absolute Gasteiger partial charge is 0.233 e. The van der Waals surface area contributed by atoms with Gasteiger partial charge in [0.15, 0.2) is 0 Å². The summed E-state index contributed by atoms with van der Waals surface area (Å²) in [6.07, 6.45) is 2.66. The molecule has 2 rings (SSSR count). The maximum Gasteiger partial charge on any atom is 0.233 e. The van der Waals surface area contributed by atoms with Crippen molar-refractivity contribution in [3.05, 3.63) is 35.9 Å². The number of benzene rings is 1. The number of rotatable bonds is 4. The van der Waals surface area contributed by atoms with Gasteiger partial charge in [0.25, 0.3) is 0 Å². The lowest BCUT2D eigenvalue weighted by Gasteiger charge is -2.22. The van der Waals surface area contributed by atoms with E-state index in [1.807, 2.05) is 30.3 Å². The van der Waals surface area contributed by atoms with E-state index in [-0.39, 0.29) is 6.04 Å². The Hall–Kier alpha value is -1.35. The lowest BCUT2D eigenvalue weighted by atomic mass is 10.0. The van der Waals surface area contributed by atoms with Crippen LogP contribution in [0.4, 0.5) is 0 Å². The summed E-state index contributed by atoms with van der Waals surface area (Å²) in [4.78, 5) is 10.5.